The van der Waals surface area contributed by atoms with Crippen molar-refractivity contribution in [3.63, 3.8) is 0 Å². The Hall–Kier alpha value is -2.31. The first-order valence-corrected chi connectivity index (χ1v) is 8.83. The van der Waals surface area contributed by atoms with Gasteiger partial charge in [0.1, 0.15) is 12.3 Å². The average molecular weight is 346 g/mol. The van der Waals surface area contributed by atoms with Gasteiger partial charge in [-0.2, -0.15) is 5.10 Å². The molecule has 0 fully saturated rings. The first kappa shape index (κ1) is 19.0. The van der Waals surface area contributed by atoms with Gasteiger partial charge in [-0.3, -0.25) is 4.68 Å². The Bertz CT molecular complexity index is 680. The number of oxazole rings is 1. The molecule has 2 aromatic heterocycles. The number of hydrogen-bond acceptors (Lipinski definition) is 4. The second-order valence-corrected chi connectivity index (χ2v) is 7.12. The Labute approximate surface area is 149 Å². The highest BCUT2D eigenvalue weighted by molar-refractivity contribution is 5.79. The van der Waals surface area contributed by atoms with E-state index in [-0.39, 0.29) is 5.41 Å². The molecule has 0 aromatic carbocycles. The van der Waals surface area contributed by atoms with Crippen molar-refractivity contribution < 1.29 is 4.42 Å². The Balaban J connectivity index is 1.82. The van der Waals surface area contributed by atoms with Crippen molar-refractivity contribution in [1.29, 1.82) is 0 Å². The number of aromatic nitrogens is 3. The zero-order chi connectivity index (χ0) is 18.3. The molecule has 7 heteroatoms. The van der Waals surface area contributed by atoms with Crippen molar-refractivity contribution in [3.8, 4) is 0 Å². The lowest BCUT2D eigenvalue weighted by Gasteiger charge is -2.13. The minimum Gasteiger partial charge on any atom is -0.443 e. The van der Waals surface area contributed by atoms with Crippen LogP contribution in [0.15, 0.2) is 28.0 Å². The molecule has 2 rings (SSSR count). The van der Waals surface area contributed by atoms with Gasteiger partial charge in [-0.15, -0.1) is 0 Å². The molecular formula is C18H30N6O. The van der Waals surface area contributed by atoms with E-state index in [0.717, 1.165) is 37.7 Å². The fourth-order valence-electron chi connectivity index (χ4n) is 2.32. The maximum Gasteiger partial charge on any atom is 0.216 e. The highest BCUT2D eigenvalue weighted by atomic mass is 16.4. The number of rotatable bonds is 7. The quantitative estimate of drug-likeness (QED) is 0.457. The number of hydrogen-bond donors (Lipinski definition) is 2. The zero-order valence-electron chi connectivity index (χ0n) is 16.0. The highest BCUT2D eigenvalue weighted by Crippen LogP contribution is 2.22. The summed E-state index contributed by atoms with van der Waals surface area (Å²) in [7, 11) is 1.94. The van der Waals surface area contributed by atoms with Gasteiger partial charge in [0.15, 0.2) is 5.96 Å². The first-order chi connectivity index (χ1) is 11.9. The predicted octanol–water partition coefficient (Wildman–Crippen LogP) is 2.39. The largest absolute Gasteiger partial charge is 0.443 e. The van der Waals surface area contributed by atoms with Crippen molar-refractivity contribution in [2.24, 2.45) is 12.0 Å². The second kappa shape index (κ2) is 8.69. The third kappa shape index (κ3) is 6.25. The molecule has 7 nitrogen and oxygen atoms in total. The van der Waals surface area contributed by atoms with Gasteiger partial charge in [-0.1, -0.05) is 20.8 Å². The Morgan fingerprint density at radius 3 is 2.68 bits per heavy atom. The van der Waals surface area contributed by atoms with E-state index in [2.05, 4.69) is 59.6 Å². The molecule has 0 radical (unpaired) electrons. The topological polar surface area (TPSA) is 80.3 Å². The fourth-order valence-corrected chi connectivity index (χ4v) is 2.32. The molecule has 0 saturated heterocycles. The molecule has 0 bridgehead atoms. The fraction of sp³-hybridized carbons (Fsp3) is 0.611. The lowest BCUT2D eigenvalue weighted by atomic mass is 9.94. The Morgan fingerprint density at radius 1 is 1.28 bits per heavy atom. The van der Waals surface area contributed by atoms with Crippen LogP contribution in [0, 0.1) is 0 Å². The molecule has 25 heavy (non-hydrogen) atoms. The molecule has 2 aromatic rings. The number of aryl methyl sites for hydroxylation is 2. The summed E-state index contributed by atoms with van der Waals surface area (Å²) in [4.78, 5) is 8.86. The summed E-state index contributed by atoms with van der Waals surface area (Å²) in [5, 5.41) is 10.8. The average Bonchev–Trinajstić information content (AvgIpc) is 3.17. The van der Waals surface area contributed by atoms with Crippen LogP contribution in [0.5, 0.6) is 0 Å². The molecule has 2 N–H and O–H groups in total. The summed E-state index contributed by atoms with van der Waals surface area (Å²) in [6.45, 7) is 10.5. The third-order valence-electron chi connectivity index (χ3n) is 3.70. The van der Waals surface area contributed by atoms with Gasteiger partial charge in [0, 0.05) is 31.7 Å². The Morgan fingerprint density at radius 2 is 2.08 bits per heavy atom. The number of nitrogens with one attached hydrogen (secondary N) is 2. The molecule has 0 unspecified atom stereocenters. The molecule has 0 spiro atoms. The van der Waals surface area contributed by atoms with Crippen molar-refractivity contribution in [2.45, 2.75) is 52.5 Å². The summed E-state index contributed by atoms with van der Waals surface area (Å²) in [6.07, 6.45) is 7.76. The summed E-state index contributed by atoms with van der Waals surface area (Å²) in [6, 6.07) is 0. The molecule has 138 valence electrons. The smallest absolute Gasteiger partial charge is 0.216 e. The van der Waals surface area contributed by atoms with Crippen LogP contribution < -0.4 is 10.6 Å². The molecule has 0 aliphatic heterocycles. The summed E-state index contributed by atoms with van der Waals surface area (Å²) >= 11 is 0. The summed E-state index contributed by atoms with van der Waals surface area (Å²) < 4.78 is 7.61. The van der Waals surface area contributed by atoms with E-state index < -0.39 is 0 Å². The van der Waals surface area contributed by atoms with Gasteiger partial charge in [0.05, 0.1) is 12.4 Å². The second-order valence-electron chi connectivity index (χ2n) is 7.12. The summed E-state index contributed by atoms with van der Waals surface area (Å²) in [5.74, 6) is 2.30. The number of guanidine groups is 1. The van der Waals surface area contributed by atoms with Crippen LogP contribution in [0.1, 0.15) is 51.3 Å². The van der Waals surface area contributed by atoms with E-state index in [9.17, 15) is 0 Å². The van der Waals surface area contributed by atoms with E-state index in [1.807, 2.05) is 17.9 Å². The van der Waals surface area contributed by atoms with Gasteiger partial charge in [0.2, 0.25) is 5.89 Å². The molecule has 2 heterocycles. The minimum absolute atomic E-state index is 0.0377. The number of nitrogens with zero attached hydrogens (tertiary/aromatic N) is 4. The van der Waals surface area contributed by atoms with Crippen molar-refractivity contribution in [2.75, 3.05) is 13.1 Å². The minimum atomic E-state index is -0.0377. The highest BCUT2D eigenvalue weighted by Gasteiger charge is 2.18. The standard InChI is InChI=1S/C18H30N6O/c1-6-19-17(20-9-7-8-14-10-23-24(5)13-14)22-12-16-21-11-15(25-16)18(2,3)4/h10-11,13H,6-9,12H2,1-5H3,(H2,19,20,22). The van der Waals surface area contributed by atoms with Crippen LogP contribution in [0.3, 0.4) is 0 Å². The van der Waals surface area contributed by atoms with Gasteiger partial charge in [-0.25, -0.2) is 9.98 Å². The summed E-state index contributed by atoms with van der Waals surface area (Å²) in [5.41, 5.74) is 1.21. The molecule has 0 amide bonds. The molecule has 0 aliphatic rings. The SMILES string of the molecule is CCNC(=NCc1ncc(C(C)(C)C)o1)NCCCc1cnn(C)c1. The predicted molar refractivity (Wildman–Crippen MR) is 99.6 cm³/mol. The van der Waals surface area contributed by atoms with E-state index >= 15 is 0 Å². The van der Waals surface area contributed by atoms with E-state index in [1.165, 1.54) is 5.56 Å². The van der Waals surface area contributed by atoms with E-state index in [4.69, 9.17) is 4.42 Å². The van der Waals surface area contributed by atoms with Crippen LogP contribution >= 0.6 is 0 Å². The van der Waals surface area contributed by atoms with Crippen LogP contribution in [-0.4, -0.2) is 33.8 Å². The van der Waals surface area contributed by atoms with Gasteiger partial charge < -0.3 is 15.1 Å². The van der Waals surface area contributed by atoms with E-state index in [0.29, 0.717) is 12.4 Å². The van der Waals surface area contributed by atoms with Gasteiger partial charge in [0.25, 0.3) is 0 Å². The van der Waals surface area contributed by atoms with Crippen molar-refractivity contribution in [1.82, 2.24) is 25.4 Å². The lowest BCUT2D eigenvalue weighted by Crippen LogP contribution is -2.37. The molecular weight excluding hydrogens is 316 g/mol. The molecule has 0 saturated carbocycles. The molecule has 0 atom stereocenters. The lowest BCUT2D eigenvalue weighted by molar-refractivity contribution is 0.383. The van der Waals surface area contributed by atoms with Crippen LogP contribution in [-0.2, 0) is 25.4 Å². The van der Waals surface area contributed by atoms with Crippen LogP contribution in [0.25, 0.3) is 0 Å². The van der Waals surface area contributed by atoms with Crippen LogP contribution in [0.4, 0.5) is 0 Å². The Kier molecular flexibility index (Phi) is 6.61. The zero-order valence-corrected chi connectivity index (χ0v) is 16.0. The first-order valence-electron chi connectivity index (χ1n) is 8.83. The van der Waals surface area contributed by atoms with Gasteiger partial charge >= 0.3 is 0 Å². The normalized spacial score (nSPS) is 12.4. The maximum atomic E-state index is 5.78. The van der Waals surface area contributed by atoms with E-state index in [1.54, 1.807) is 6.20 Å². The maximum absolute atomic E-state index is 5.78. The number of aliphatic imine (C=N–C) groups is 1. The monoisotopic (exact) mass is 346 g/mol. The van der Waals surface area contributed by atoms with Crippen LogP contribution in [0.2, 0.25) is 0 Å². The van der Waals surface area contributed by atoms with Gasteiger partial charge in [-0.05, 0) is 25.3 Å². The third-order valence-corrected chi connectivity index (χ3v) is 3.70. The molecule has 0 aliphatic carbocycles. The van der Waals surface area contributed by atoms with Crippen molar-refractivity contribution >= 4 is 5.96 Å². The van der Waals surface area contributed by atoms with Crippen molar-refractivity contribution in [3.05, 3.63) is 35.8 Å².